The van der Waals surface area contributed by atoms with Crippen LogP contribution in [-0.4, -0.2) is 68.6 Å². The lowest BCUT2D eigenvalue weighted by Gasteiger charge is -2.25. The molecule has 0 saturated carbocycles. The van der Waals surface area contributed by atoms with Crippen molar-refractivity contribution in [1.29, 1.82) is 5.26 Å². The fourth-order valence-corrected chi connectivity index (χ4v) is 3.46. The molecule has 0 saturated heterocycles. The molecule has 196 valence electrons. The molecule has 0 aliphatic rings. The van der Waals surface area contributed by atoms with Crippen LogP contribution in [-0.2, 0) is 4.74 Å². The Morgan fingerprint density at radius 3 is 2.68 bits per heavy atom. The van der Waals surface area contributed by atoms with E-state index in [-0.39, 0.29) is 29.7 Å². The molecule has 3 heterocycles. The topological polar surface area (TPSA) is 172 Å². The van der Waals surface area contributed by atoms with E-state index in [4.69, 9.17) is 14.6 Å². The molecular formula is C23H28FN9O4. The minimum absolute atomic E-state index is 0.0361. The van der Waals surface area contributed by atoms with E-state index in [9.17, 15) is 14.4 Å². The highest BCUT2D eigenvalue weighted by Crippen LogP contribution is 2.28. The van der Waals surface area contributed by atoms with Crippen LogP contribution in [0.15, 0.2) is 30.7 Å². The van der Waals surface area contributed by atoms with Crippen molar-refractivity contribution in [3.63, 3.8) is 0 Å². The smallest absolute Gasteiger partial charge is 0.404 e. The molecule has 3 aromatic heterocycles. The third-order valence-electron chi connectivity index (χ3n) is 5.23. The minimum Gasteiger partial charge on any atom is -0.474 e. The van der Waals surface area contributed by atoms with Crippen molar-refractivity contribution in [3.8, 4) is 17.6 Å². The molecule has 2 atom stereocenters. The summed E-state index contributed by atoms with van der Waals surface area (Å²) in [5, 5.41) is 35.2. The fraction of sp³-hybridized carbons (Fsp3) is 0.391. The number of anilines is 3. The molecule has 14 heteroatoms. The number of rotatable bonds is 13. The maximum atomic E-state index is 14.8. The number of hydrogen-bond acceptors (Lipinski definition) is 10. The standard InChI is InChI=1S/C23H28FN9O4/c1-4-5-18(14(2)29-23(34)35)31-21-17(24)10-15(12-25)20(32-21)30-16-11-19(33-27-6-7-28-33)22(26-13-16)37-9-8-36-3/h6-7,10-11,13-14,18,29H,4-5,8-9H2,1-3H3,(H,34,35)(H2,30,31,32)/t14-,18+/m0/s1. The maximum absolute atomic E-state index is 14.8. The summed E-state index contributed by atoms with van der Waals surface area (Å²) < 4.78 is 25.5. The molecule has 3 aromatic rings. The average molecular weight is 514 g/mol. The van der Waals surface area contributed by atoms with E-state index >= 15 is 0 Å². The van der Waals surface area contributed by atoms with Gasteiger partial charge in [-0.05, 0) is 25.5 Å². The Labute approximate surface area is 212 Å². The van der Waals surface area contributed by atoms with Gasteiger partial charge in [0, 0.05) is 19.2 Å². The molecule has 0 aliphatic heterocycles. The second-order valence-corrected chi connectivity index (χ2v) is 7.94. The van der Waals surface area contributed by atoms with Crippen LogP contribution in [0.4, 0.5) is 26.5 Å². The second-order valence-electron chi connectivity index (χ2n) is 7.94. The average Bonchev–Trinajstić information content (AvgIpc) is 3.40. The van der Waals surface area contributed by atoms with Gasteiger partial charge in [0.15, 0.2) is 17.5 Å². The summed E-state index contributed by atoms with van der Waals surface area (Å²) in [6, 6.07) is 3.67. The second kappa shape index (κ2) is 13.0. The highest BCUT2D eigenvalue weighted by molar-refractivity contribution is 5.67. The number of nitrogens with one attached hydrogen (secondary N) is 3. The molecule has 0 bridgehead atoms. The molecule has 0 aromatic carbocycles. The fourth-order valence-electron chi connectivity index (χ4n) is 3.46. The zero-order valence-corrected chi connectivity index (χ0v) is 20.6. The van der Waals surface area contributed by atoms with Gasteiger partial charge in [-0.3, -0.25) is 0 Å². The summed E-state index contributed by atoms with van der Waals surface area (Å²) in [7, 11) is 1.55. The lowest BCUT2D eigenvalue weighted by atomic mass is 10.0. The van der Waals surface area contributed by atoms with Gasteiger partial charge >= 0.3 is 6.09 Å². The predicted molar refractivity (Wildman–Crippen MR) is 132 cm³/mol. The number of nitrogens with zero attached hydrogens (tertiary/aromatic N) is 6. The summed E-state index contributed by atoms with van der Waals surface area (Å²) in [5.41, 5.74) is 0.798. The Bertz CT molecular complexity index is 1230. The summed E-state index contributed by atoms with van der Waals surface area (Å²) >= 11 is 0. The zero-order chi connectivity index (χ0) is 26.8. The number of carboxylic acid groups (broad SMARTS) is 1. The number of ether oxygens (including phenoxy) is 2. The number of pyridine rings is 2. The first-order chi connectivity index (χ1) is 17.9. The molecule has 0 fully saturated rings. The summed E-state index contributed by atoms with van der Waals surface area (Å²) in [6.07, 6.45) is 4.56. The molecular weight excluding hydrogens is 485 g/mol. The van der Waals surface area contributed by atoms with Gasteiger partial charge in [0.25, 0.3) is 0 Å². The van der Waals surface area contributed by atoms with Gasteiger partial charge in [-0.1, -0.05) is 13.3 Å². The van der Waals surface area contributed by atoms with Gasteiger partial charge in [-0.2, -0.15) is 15.5 Å². The van der Waals surface area contributed by atoms with Crippen LogP contribution in [0.5, 0.6) is 5.88 Å². The Morgan fingerprint density at radius 1 is 1.27 bits per heavy atom. The Morgan fingerprint density at radius 2 is 2.03 bits per heavy atom. The Balaban J connectivity index is 1.92. The van der Waals surface area contributed by atoms with Crippen molar-refractivity contribution in [3.05, 3.63) is 42.1 Å². The largest absolute Gasteiger partial charge is 0.474 e. The third-order valence-corrected chi connectivity index (χ3v) is 5.23. The van der Waals surface area contributed by atoms with Crippen molar-refractivity contribution >= 4 is 23.4 Å². The quantitative estimate of drug-likeness (QED) is 0.247. The number of amides is 1. The van der Waals surface area contributed by atoms with E-state index in [0.717, 1.165) is 12.5 Å². The van der Waals surface area contributed by atoms with E-state index in [1.54, 1.807) is 20.1 Å². The number of halogens is 1. The predicted octanol–water partition coefficient (Wildman–Crippen LogP) is 3.07. The lowest BCUT2D eigenvalue weighted by molar-refractivity contribution is 0.143. The van der Waals surface area contributed by atoms with Crippen molar-refractivity contribution in [2.24, 2.45) is 0 Å². The van der Waals surface area contributed by atoms with Gasteiger partial charge in [0.2, 0.25) is 5.88 Å². The van der Waals surface area contributed by atoms with E-state index in [0.29, 0.717) is 24.4 Å². The monoisotopic (exact) mass is 513 g/mol. The lowest BCUT2D eigenvalue weighted by Crippen LogP contribution is -2.44. The highest BCUT2D eigenvalue weighted by Gasteiger charge is 2.22. The zero-order valence-electron chi connectivity index (χ0n) is 20.6. The summed E-state index contributed by atoms with van der Waals surface area (Å²) in [4.78, 5) is 21.0. The van der Waals surface area contributed by atoms with Crippen LogP contribution < -0.4 is 20.7 Å². The molecule has 0 aliphatic carbocycles. The number of aromatic nitrogens is 5. The van der Waals surface area contributed by atoms with Crippen LogP contribution in [0.25, 0.3) is 5.69 Å². The van der Waals surface area contributed by atoms with Crippen molar-refractivity contribution in [2.75, 3.05) is 31.0 Å². The van der Waals surface area contributed by atoms with Gasteiger partial charge in [0.05, 0.1) is 36.4 Å². The summed E-state index contributed by atoms with van der Waals surface area (Å²) in [5.74, 6) is -0.529. The van der Waals surface area contributed by atoms with Gasteiger partial charge < -0.3 is 30.5 Å². The molecule has 13 nitrogen and oxygen atoms in total. The number of nitriles is 1. The first-order valence-electron chi connectivity index (χ1n) is 11.5. The van der Waals surface area contributed by atoms with E-state index in [1.165, 1.54) is 23.4 Å². The normalized spacial score (nSPS) is 12.3. The Hall–Kier alpha value is -4.51. The molecule has 3 rings (SSSR count). The number of carbonyl (C=O) groups is 1. The van der Waals surface area contributed by atoms with Crippen LogP contribution in [0.1, 0.15) is 32.3 Å². The van der Waals surface area contributed by atoms with E-state index in [2.05, 4.69) is 36.1 Å². The number of hydrogen-bond donors (Lipinski definition) is 4. The summed E-state index contributed by atoms with van der Waals surface area (Å²) in [6.45, 7) is 4.22. The van der Waals surface area contributed by atoms with Crippen LogP contribution >= 0.6 is 0 Å². The third kappa shape index (κ3) is 7.24. The van der Waals surface area contributed by atoms with Crippen molar-refractivity contribution in [2.45, 2.75) is 38.8 Å². The van der Waals surface area contributed by atoms with E-state index < -0.39 is 24.0 Å². The molecule has 0 spiro atoms. The number of methoxy groups -OCH3 is 1. The first-order valence-corrected chi connectivity index (χ1v) is 11.5. The molecule has 0 unspecified atom stereocenters. The highest BCUT2D eigenvalue weighted by atomic mass is 19.1. The van der Waals surface area contributed by atoms with Crippen molar-refractivity contribution < 1.29 is 23.8 Å². The van der Waals surface area contributed by atoms with Crippen LogP contribution in [0, 0.1) is 17.1 Å². The minimum atomic E-state index is -1.18. The van der Waals surface area contributed by atoms with Gasteiger partial charge in [-0.15, -0.1) is 4.80 Å². The van der Waals surface area contributed by atoms with Crippen LogP contribution in [0.2, 0.25) is 0 Å². The SMILES string of the molecule is CCC[C@@H](Nc1nc(Nc2cnc(OCCOC)c(-n3nccn3)c2)c(C#N)cc1F)[C@H](C)NC(=O)O. The van der Waals surface area contributed by atoms with Crippen LogP contribution in [0.3, 0.4) is 0 Å². The Kier molecular flexibility index (Phi) is 9.50. The van der Waals surface area contributed by atoms with E-state index in [1.807, 2.05) is 13.0 Å². The molecule has 1 amide bonds. The van der Waals surface area contributed by atoms with Gasteiger partial charge in [-0.25, -0.2) is 19.2 Å². The van der Waals surface area contributed by atoms with Gasteiger partial charge in [0.1, 0.15) is 18.4 Å². The molecule has 0 radical (unpaired) electrons. The molecule has 4 N–H and O–H groups in total. The van der Waals surface area contributed by atoms with Crippen molar-refractivity contribution in [1.82, 2.24) is 30.3 Å². The maximum Gasteiger partial charge on any atom is 0.404 e. The first kappa shape index (κ1) is 27.1. The molecule has 37 heavy (non-hydrogen) atoms.